The highest BCUT2D eigenvalue weighted by Gasteiger charge is 2.34. The molecule has 2 N–H and O–H groups in total. The number of carbonyl (C=O) groups excluding carboxylic acids is 2. The molecule has 1 aliphatic rings. The van der Waals surface area contributed by atoms with Crippen LogP contribution in [0.15, 0.2) is 23.1 Å². The minimum Gasteiger partial charge on any atom is -0.356 e. The van der Waals surface area contributed by atoms with Crippen LogP contribution in [0.2, 0.25) is 0 Å². The number of rotatable bonds is 5. The molecule has 8 heteroatoms. The van der Waals surface area contributed by atoms with E-state index in [-0.39, 0.29) is 18.0 Å². The fourth-order valence-corrected chi connectivity index (χ4v) is 3.20. The molecule has 1 aromatic rings. The number of carbonyl (C=O) groups is 2. The minimum absolute atomic E-state index is 0.000671. The first-order valence-corrected chi connectivity index (χ1v) is 8.14. The zero-order chi connectivity index (χ0) is 17.0. The van der Waals surface area contributed by atoms with E-state index in [4.69, 9.17) is 0 Å². The molecule has 126 valence electrons. The van der Waals surface area contributed by atoms with Gasteiger partial charge < -0.3 is 10.6 Å². The van der Waals surface area contributed by atoms with Gasteiger partial charge in [-0.2, -0.15) is 13.2 Å². The summed E-state index contributed by atoms with van der Waals surface area (Å²) in [6.07, 6.45) is -2.65. The summed E-state index contributed by atoms with van der Waals surface area (Å²) < 4.78 is 38.0. The van der Waals surface area contributed by atoms with E-state index in [9.17, 15) is 22.8 Å². The van der Waals surface area contributed by atoms with Crippen molar-refractivity contribution in [2.45, 2.75) is 42.5 Å². The third-order valence-electron chi connectivity index (χ3n) is 3.35. The lowest BCUT2D eigenvalue weighted by Gasteiger charge is -2.24. The normalized spacial score (nSPS) is 17.4. The highest BCUT2D eigenvalue weighted by Crippen LogP contribution is 2.40. The zero-order valence-corrected chi connectivity index (χ0v) is 13.3. The standard InChI is InChI=1S/C15H17F3N2O2S/c1-2-3-6-19-13(21)8-12-14(22)20-10-7-9(15(16,17)18)4-5-11(10)23-12/h4-5,7,12H,2-3,6,8H2,1H3,(H,19,21)(H,20,22). The molecule has 0 saturated carbocycles. The molecule has 0 aromatic heterocycles. The van der Waals surface area contributed by atoms with E-state index in [0.717, 1.165) is 36.7 Å². The van der Waals surface area contributed by atoms with Gasteiger partial charge in [-0.3, -0.25) is 9.59 Å². The van der Waals surface area contributed by atoms with Crippen LogP contribution in [0.4, 0.5) is 18.9 Å². The number of amides is 2. The number of fused-ring (bicyclic) bond motifs is 1. The average Bonchev–Trinajstić information content (AvgIpc) is 2.47. The van der Waals surface area contributed by atoms with Gasteiger partial charge in [0.25, 0.3) is 0 Å². The van der Waals surface area contributed by atoms with Crippen LogP contribution in [-0.2, 0) is 15.8 Å². The first kappa shape index (κ1) is 17.7. The van der Waals surface area contributed by atoms with Crippen LogP contribution in [0, 0.1) is 0 Å². The summed E-state index contributed by atoms with van der Waals surface area (Å²) in [6, 6.07) is 3.21. The topological polar surface area (TPSA) is 58.2 Å². The number of hydrogen-bond acceptors (Lipinski definition) is 3. The Labute approximate surface area is 136 Å². The monoisotopic (exact) mass is 346 g/mol. The third kappa shape index (κ3) is 4.63. The average molecular weight is 346 g/mol. The summed E-state index contributed by atoms with van der Waals surface area (Å²) in [7, 11) is 0. The molecule has 0 spiro atoms. The Bertz CT molecular complexity index is 605. The van der Waals surface area contributed by atoms with Crippen LogP contribution < -0.4 is 10.6 Å². The molecule has 23 heavy (non-hydrogen) atoms. The number of hydrogen-bond donors (Lipinski definition) is 2. The van der Waals surface area contributed by atoms with E-state index in [2.05, 4.69) is 10.6 Å². The summed E-state index contributed by atoms with van der Waals surface area (Å²) >= 11 is 1.11. The number of anilines is 1. The van der Waals surface area contributed by atoms with Crippen LogP contribution in [-0.4, -0.2) is 23.6 Å². The Morgan fingerprint density at radius 3 is 2.78 bits per heavy atom. The van der Waals surface area contributed by atoms with Crippen LogP contribution in [0.1, 0.15) is 31.7 Å². The van der Waals surface area contributed by atoms with E-state index >= 15 is 0 Å². The number of unbranched alkanes of at least 4 members (excludes halogenated alkanes) is 1. The van der Waals surface area contributed by atoms with Crippen molar-refractivity contribution in [3.8, 4) is 0 Å². The SMILES string of the molecule is CCCCNC(=O)CC1Sc2ccc(C(F)(F)F)cc2NC1=O. The number of thioether (sulfide) groups is 1. The molecule has 0 saturated heterocycles. The maximum absolute atomic E-state index is 12.7. The van der Waals surface area contributed by atoms with E-state index in [0.29, 0.717) is 11.4 Å². The van der Waals surface area contributed by atoms with Gasteiger partial charge in [0.2, 0.25) is 11.8 Å². The van der Waals surface area contributed by atoms with E-state index in [1.165, 1.54) is 6.07 Å². The summed E-state index contributed by atoms with van der Waals surface area (Å²) in [4.78, 5) is 24.3. The van der Waals surface area contributed by atoms with Crippen molar-refractivity contribution < 1.29 is 22.8 Å². The molecule has 1 aromatic carbocycles. The minimum atomic E-state index is -4.46. The Kier molecular flexibility index (Phi) is 5.56. The number of nitrogens with one attached hydrogen (secondary N) is 2. The predicted octanol–water partition coefficient (Wildman–Crippen LogP) is 3.42. The molecule has 1 aliphatic heterocycles. The van der Waals surface area contributed by atoms with Gasteiger partial charge in [-0.1, -0.05) is 13.3 Å². The van der Waals surface area contributed by atoms with Gasteiger partial charge in [0.1, 0.15) is 0 Å². The lowest BCUT2D eigenvalue weighted by atomic mass is 10.1. The van der Waals surface area contributed by atoms with Crippen molar-refractivity contribution in [1.29, 1.82) is 0 Å². The molecule has 2 rings (SSSR count). The van der Waals surface area contributed by atoms with Crippen LogP contribution in [0.3, 0.4) is 0 Å². The molecule has 4 nitrogen and oxygen atoms in total. The van der Waals surface area contributed by atoms with Crippen molar-refractivity contribution in [3.05, 3.63) is 23.8 Å². The highest BCUT2D eigenvalue weighted by molar-refractivity contribution is 8.01. The zero-order valence-electron chi connectivity index (χ0n) is 12.5. The highest BCUT2D eigenvalue weighted by atomic mass is 32.2. The second kappa shape index (κ2) is 7.25. The smallest absolute Gasteiger partial charge is 0.356 e. The van der Waals surface area contributed by atoms with Gasteiger partial charge in [0, 0.05) is 17.9 Å². The third-order valence-corrected chi connectivity index (χ3v) is 4.62. The molecule has 0 aliphatic carbocycles. The van der Waals surface area contributed by atoms with Gasteiger partial charge in [-0.15, -0.1) is 11.8 Å². The Morgan fingerprint density at radius 1 is 1.39 bits per heavy atom. The van der Waals surface area contributed by atoms with Crippen LogP contribution in [0.5, 0.6) is 0 Å². The number of alkyl halides is 3. The van der Waals surface area contributed by atoms with Gasteiger partial charge in [-0.25, -0.2) is 0 Å². The quantitative estimate of drug-likeness (QED) is 0.803. The molecular weight excluding hydrogens is 329 g/mol. The second-order valence-electron chi connectivity index (χ2n) is 5.21. The largest absolute Gasteiger partial charge is 0.416 e. The molecule has 1 heterocycles. The predicted molar refractivity (Wildman–Crippen MR) is 82.3 cm³/mol. The van der Waals surface area contributed by atoms with Crippen molar-refractivity contribution in [1.82, 2.24) is 5.32 Å². The van der Waals surface area contributed by atoms with Gasteiger partial charge >= 0.3 is 6.18 Å². The van der Waals surface area contributed by atoms with Gasteiger partial charge in [0.05, 0.1) is 16.5 Å². The van der Waals surface area contributed by atoms with Gasteiger partial charge in [-0.05, 0) is 24.6 Å². The molecule has 0 bridgehead atoms. The summed E-state index contributed by atoms with van der Waals surface area (Å²) in [5.74, 6) is -0.686. The second-order valence-corrected chi connectivity index (χ2v) is 6.46. The molecule has 1 atom stereocenters. The first-order chi connectivity index (χ1) is 10.8. The van der Waals surface area contributed by atoms with Crippen molar-refractivity contribution in [2.24, 2.45) is 0 Å². The van der Waals surface area contributed by atoms with Crippen molar-refractivity contribution in [3.63, 3.8) is 0 Å². The molecular formula is C15H17F3N2O2S. The molecule has 1 unspecified atom stereocenters. The maximum Gasteiger partial charge on any atom is 0.416 e. The fraction of sp³-hybridized carbons (Fsp3) is 0.467. The molecule has 0 radical (unpaired) electrons. The van der Waals surface area contributed by atoms with E-state index < -0.39 is 22.9 Å². The molecule has 2 amide bonds. The Morgan fingerprint density at radius 2 is 2.13 bits per heavy atom. The number of halogens is 3. The Hall–Kier alpha value is -1.70. The van der Waals surface area contributed by atoms with Gasteiger partial charge in [0.15, 0.2) is 0 Å². The maximum atomic E-state index is 12.7. The Balaban J connectivity index is 2.04. The molecule has 0 fully saturated rings. The first-order valence-electron chi connectivity index (χ1n) is 7.26. The van der Waals surface area contributed by atoms with E-state index in [1.807, 2.05) is 6.92 Å². The lowest BCUT2D eigenvalue weighted by molar-refractivity contribution is -0.137. The van der Waals surface area contributed by atoms with Crippen LogP contribution >= 0.6 is 11.8 Å². The van der Waals surface area contributed by atoms with Crippen LogP contribution in [0.25, 0.3) is 0 Å². The lowest BCUT2D eigenvalue weighted by Crippen LogP contribution is -2.35. The summed E-state index contributed by atoms with van der Waals surface area (Å²) in [5.41, 5.74) is -0.676. The fourth-order valence-electron chi connectivity index (χ4n) is 2.11. The summed E-state index contributed by atoms with van der Waals surface area (Å²) in [6.45, 7) is 2.56. The summed E-state index contributed by atoms with van der Waals surface area (Å²) in [5, 5.41) is 4.54. The van der Waals surface area contributed by atoms with Crippen molar-refractivity contribution in [2.75, 3.05) is 11.9 Å². The van der Waals surface area contributed by atoms with E-state index in [1.54, 1.807) is 0 Å². The number of benzene rings is 1. The van der Waals surface area contributed by atoms with Crippen molar-refractivity contribution >= 4 is 29.3 Å².